The molecule has 0 heterocycles. The molecule has 0 amide bonds. The summed E-state index contributed by atoms with van der Waals surface area (Å²) in [5, 5.41) is 0. The molecule has 0 N–H and O–H groups in total. The Hall–Kier alpha value is 0.480. The van der Waals surface area contributed by atoms with Gasteiger partial charge in [-0.3, -0.25) is 0 Å². The molecule has 50 valence electrons. The van der Waals surface area contributed by atoms with E-state index in [0.717, 1.165) is 5.92 Å². The molecule has 0 aromatic heterocycles. The maximum Gasteiger partial charge on any atom is 0.0227 e. The van der Waals surface area contributed by atoms with E-state index in [0.29, 0.717) is 4.32 Å². The molecular weight excluding hydrogens is 164 g/mol. The molecule has 0 aromatic rings. The third-order valence-corrected chi connectivity index (χ3v) is 2.57. The molecule has 0 aliphatic heterocycles. The predicted molar refractivity (Wildman–Crippen MR) is 42.5 cm³/mol. The van der Waals surface area contributed by atoms with Gasteiger partial charge < -0.3 is 0 Å². The van der Waals surface area contributed by atoms with E-state index in [1.807, 2.05) is 0 Å². The Morgan fingerprint density at radius 2 is 1.88 bits per heavy atom. The molecule has 0 bridgehead atoms. The molecule has 0 aliphatic carbocycles. The highest BCUT2D eigenvalue weighted by atomic mass is 79.9. The van der Waals surface area contributed by atoms with Gasteiger partial charge in [0.05, 0.1) is 0 Å². The number of hydrogen-bond acceptors (Lipinski definition) is 0. The van der Waals surface area contributed by atoms with Crippen molar-refractivity contribution < 1.29 is 0 Å². The second-order valence-electron chi connectivity index (χ2n) is 2.87. The van der Waals surface area contributed by atoms with Gasteiger partial charge >= 0.3 is 0 Å². The molecule has 0 saturated carbocycles. The minimum atomic E-state index is 0.321. The van der Waals surface area contributed by atoms with Crippen LogP contribution in [0.15, 0.2) is 0 Å². The van der Waals surface area contributed by atoms with Gasteiger partial charge in [-0.05, 0) is 19.8 Å². The monoisotopic (exact) mass is 178 g/mol. The standard InChI is InChI=1S/C7H15Br/c1-5-6(2)7(3,4)8/h6H,5H2,1-4H3. The van der Waals surface area contributed by atoms with E-state index in [4.69, 9.17) is 0 Å². The van der Waals surface area contributed by atoms with Gasteiger partial charge in [-0.2, -0.15) is 0 Å². The van der Waals surface area contributed by atoms with Gasteiger partial charge in [-0.15, -0.1) is 0 Å². The van der Waals surface area contributed by atoms with E-state index in [1.165, 1.54) is 6.42 Å². The fourth-order valence-electron chi connectivity index (χ4n) is 0.485. The van der Waals surface area contributed by atoms with Crippen LogP contribution in [0.25, 0.3) is 0 Å². The first-order chi connectivity index (χ1) is 3.48. The second kappa shape index (κ2) is 2.86. The Balaban J connectivity index is 3.62. The maximum atomic E-state index is 3.60. The average molecular weight is 179 g/mol. The van der Waals surface area contributed by atoms with Gasteiger partial charge in [0.15, 0.2) is 0 Å². The summed E-state index contributed by atoms with van der Waals surface area (Å²) in [5.74, 6) is 0.766. The summed E-state index contributed by atoms with van der Waals surface area (Å²) in [7, 11) is 0. The largest absolute Gasteiger partial charge is 0.0856 e. The number of rotatable bonds is 2. The normalized spacial score (nSPS) is 16.1. The zero-order valence-corrected chi connectivity index (χ0v) is 7.75. The first-order valence-electron chi connectivity index (χ1n) is 3.17. The molecule has 0 rings (SSSR count). The number of halogens is 1. The van der Waals surface area contributed by atoms with E-state index < -0.39 is 0 Å². The van der Waals surface area contributed by atoms with Crippen LogP contribution in [0.5, 0.6) is 0 Å². The van der Waals surface area contributed by atoms with Crippen LogP contribution in [0.2, 0.25) is 0 Å². The molecule has 1 atom stereocenters. The lowest BCUT2D eigenvalue weighted by molar-refractivity contribution is 0.457. The molecule has 1 heteroatoms. The lowest BCUT2D eigenvalue weighted by Crippen LogP contribution is -2.19. The molecule has 0 radical (unpaired) electrons. The molecular formula is C7H15Br. The Morgan fingerprint density at radius 3 is 1.88 bits per heavy atom. The first kappa shape index (κ1) is 8.48. The Bertz CT molecular complexity index is 61.3. The summed E-state index contributed by atoms with van der Waals surface area (Å²) >= 11 is 3.60. The van der Waals surface area contributed by atoms with Gasteiger partial charge in [0.1, 0.15) is 0 Å². The summed E-state index contributed by atoms with van der Waals surface area (Å²) in [6, 6.07) is 0. The molecule has 0 spiro atoms. The van der Waals surface area contributed by atoms with Crippen molar-refractivity contribution in [2.75, 3.05) is 0 Å². The smallest absolute Gasteiger partial charge is 0.0227 e. The van der Waals surface area contributed by atoms with Crippen molar-refractivity contribution >= 4 is 15.9 Å². The van der Waals surface area contributed by atoms with Crippen LogP contribution in [-0.4, -0.2) is 4.32 Å². The summed E-state index contributed by atoms with van der Waals surface area (Å²) in [6.45, 7) is 8.89. The highest BCUT2D eigenvalue weighted by Gasteiger charge is 2.19. The fourth-order valence-corrected chi connectivity index (χ4v) is 0.809. The van der Waals surface area contributed by atoms with Crippen LogP contribution in [0.4, 0.5) is 0 Å². The summed E-state index contributed by atoms with van der Waals surface area (Å²) in [6.07, 6.45) is 1.25. The van der Waals surface area contributed by atoms with E-state index >= 15 is 0 Å². The Labute approximate surface area is 60.8 Å². The molecule has 0 fully saturated rings. The van der Waals surface area contributed by atoms with Crippen LogP contribution in [0.3, 0.4) is 0 Å². The maximum absolute atomic E-state index is 3.60. The van der Waals surface area contributed by atoms with Crippen molar-refractivity contribution in [1.82, 2.24) is 0 Å². The summed E-state index contributed by atoms with van der Waals surface area (Å²) in [4.78, 5) is 0. The lowest BCUT2D eigenvalue weighted by Gasteiger charge is -2.23. The van der Waals surface area contributed by atoms with E-state index in [9.17, 15) is 0 Å². The molecule has 0 nitrogen and oxygen atoms in total. The van der Waals surface area contributed by atoms with E-state index in [2.05, 4.69) is 43.6 Å². The van der Waals surface area contributed by atoms with Crippen molar-refractivity contribution in [3.05, 3.63) is 0 Å². The zero-order chi connectivity index (χ0) is 6.78. The Kier molecular flexibility index (Phi) is 3.03. The van der Waals surface area contributed by atoms with Crippen molar-refractivity contribution in [3.63, 3.8) is 0 Å². The highest BCUT2D eigenvalue weighted by molar-refractivity contribution is 9.10. The van der Waals surface area contributed by atoms with Crippen molar-refractivity contribution in [2.24, 2.45) is 5.92 Å². The summed E-state index contributed by atoms with van der Waals surface area (Å²) in [5.41, 5.74) is 0. The molecule has 1 unspecified atom stereocenters. The van der Waals surface area contributed by atoms with E-state index in [1.54, 1.807) is 0 Å². The predicted octanol–water partition coefficient (Wildman–Crippen LogP) is 3.21. The highest BCUT2D eigenvalue weighted by Crippen LogP contribution is 2.28. The second-order valence-corrected chi connectivity index (χ2v) is 4.92. The quantitative estimate of drug-likeness (QED) is 0.571. The molecule has 0 aliphatic rings. The molecule has 8 heavy (non-hydrogen) atoms. The van der Waals surface area contributed by atoms with Crippen molar-refractivity contribution in [3.8, 4) is 0 Å². The van der Waals surface area contributed by atoms with Crippen LogP contribution in [0, 0.1) is 5.92 Å². The van der Waals surface area contributed by atoms with Gasteiger partial charge in [0.25, 0.3) is 0 Å². The number of alkyl halides is 1. The van der Waals surface area contributed by atoms with Crippen molar-refractivity contribution in [2.45, 2.75) is 38.4 Å². The fraction of sp³-hybridized carbons (Fsp3) is 1.00. The molecule has 0 saturated heterocycles. The van der Waals surface area contributed by atoms with E-state index in [-0.39, 0.29) is 0 Å². The lowest BCUT2D eigenvalue weighted by atomic mass is 9.96. The van der Waals surface area contributed by atoms with Gasteiger partial charge in [-0.25, -0.2) is 0 Å². The minimum absolute atomic E-state index is 0.321. The molecule has 0 aromatic carbocycles. The van der Waals surface area contributed by atoms with Gasteiger partial charge in [0.2, 0.25) is 0 Å². The van der Waals surface area contributed by atoms with Crippen LogP contribution < -0.4 is 0 Å². The van der Waals surface area contributed by atoms with Gasteiger partial charge in [0, 0.05) is 4.32 Å². The average Bonchev–Trinajstić information content (AvgIpc) is 1.62. The first-order valence-corrected chi connectivity index (χ1v) is 3.96. The third kappa shape index (κ3) is 2.71. The topological polar surface area (TPSA) is 0 Å². The van der Waals surface area contributed by atoms with Crippen molar-refractivity contribution in [1.29, 1.82) is 0 Å². The Morgan fingerprint density at radius 1 is 1.50 bits per heavy atom. The summed E-state index contributed by atoms with van der Waals surface area (Å²) < 4.78 is 0.321. The van der Waals surface area contributed by atoms with Crippen LogP contribution in [0.1, 0.15) is 34.1 Å². The van der Waals surface area contributed by atoms with Crippen LogP contribution >= 0.6 is 15.9 Å². The zero-order valence-electron chi connectivity index (χ0n) is 6.16. The third-order valence-electron chi connectivity index (χ3n) is 1.78. The van der Waals surface area contributed by atoms with Crippen LogP contribution in [-0.2, 0) is 0 Å². The number of hydrogen-bond donors (Lipinski definition) is 0. The van der Waals surface area contributed by atoms with Gasteiger partial charge in [-0.1, -0.05) is 36.2 Å². The minimum Gasteiger partial charge on any atom is -0.0856 e. The SMILES string of the molecule is CCC(C)C(C)(C)Br.